The minimum atomic E-state index is -0.972. The van der Waals surface area contributed by atoms with Crippen LogP contribution in [-0.4, -0.2) is 36.0 Å². The maximum Gasteiger partial charge on any atom is 0.229 e. The lowest BCUT2D eigenvalue weighted by Crippen LogP contribution is -2.09. The molecule has 0 spiro atoms. The standard InChI is InChI=1S/C20H18O6/c1-25-15-7-3-5-13(9-15)17(21)11-19(23)20(24)12-18(22)14-6-4-8-16(10-14)26-2/h3-12,21-22H,1-2H3/b17-11-,18-12-. The van der Waals surface area contributed by atoms with Gasteiger partial charge in [0, 0.05) is 23.3 Å². The Kier molecular flexibility index (Phi) is 6.16. The highest BCUT2D eigenvalue weighted by Crippen LogP contribution is 2.20. The van der Waals surface area contributed by atoms with Gasteiger partial charge in [0.25, 0.3) is 0 Å². The van der Waals surface area contributed by atoms with Crippen LogP contribution in [0.2, 0.25) is 0 Å². The smallest absolute Gasteiger partial charge is 0.229 e. The molecule has 0 amide bonds. The van der Waals surface area contributed by atoms with E-state index in [1.165, 1.54) is 26.4 Å². The summed E-state index contributed by atoms with van der Waals surface area (Å²) in [6.45, 7) is 0. The van der Waals surface area contributed by atoms with Crippen LogP contribution in [0.1, 0.15) is 11.1 Å². The Morgan fingerprint density at radius 3 is 1.50 bits per heavy atom. The zero-order chi connectivity index (χ0) is 19.1. The van der Waals surface area contributed by atoms with Crippen LogP contribution in [0, 0.1) is 0 Å². The van der Waals surface area contributed by atoms with Crippen LogP contribution in [-0.2, 0) is 9.59 Å². The normalized spacial score (nSPS) is 11.8. The number of carbonyl (C=O) groups is 2. The van der Waals surface area contributed by atoms with E-state index in [1.807, 2.05) is 0 Å². The Hall–Kier alpha value is -3.54. The molecule has 0 aliphatic heterocycles. The average Bonchev–Trinajstić information content (AvgIpc) is 2.67. The summed E-state index contributed by atoms with van der Waals surface area (Å²) >= 11 is 0. The maximum absolute atomic E-state index is 12.0. The molecule has 0 radical (unpaired) electrons. The van der Waals surface area contributed by atoms with E-state index in [4.69, 9.17) is 9.47 Å². The number of hydrogen-bond donors (Lipinski definition) is 2. The summed E-state index contributed by atoms with van der Waals surface area (Å²) in [6, 6.07) is 12.8. The van der Waals surface area contributed by atoms with Crippen LogP contribution in [0.4, 0.5) is 0 Å². The molecular formula is C20H18O6. The van der Waals surface area contributed by atoms with E-state index in [0.29, 0.717) is 22.6 Å². The monoisotopic (exact) mass is 354 g/mol. The van der Waals surface area contributed by atoms with Gasteiger partial charge in [-0.2, -0.15) is 0 Å². The molecule has 2 rings (SSSR count). The number of aliphatic hydroxyl groups excluding tert-OH is 2. The Bertz CT molecular complexity index is 806. The van der Waals surface area contributed by atoms with Crippen LogP contribution in [0.15, 0.2) is 60.7 Å². The Balaban J connectivity index is 2.18. The second-order valence-electron chi connectivity index (χ2n) is 5.25. The molecule has 0 aromatic heterocycles. The van der Waals surface area contributed by atoms with Crippen molar-refractivity contribution in [2.45, 2.75) is 0 Å². The van der Waals surface area contributed by atoms with Crippen molar-refractivity contribution >= 4 is 23.1 Å². The molecule has 0 saturated carbocycles. The first-order valence-electron chi connectivity index (χ1n) is 7.63. The van der Waals surface area contributed by atoms with E-state index in [1.54, 1.807) is 36.4 Å². The molecule has 6 heteroatoms. The van der Waals surface area contributed by atoms with Gasteiger partial charge in [-0.25, -0.2) is 0 Å². The fourth-order valence-electron chi connectivity index (χ4n) is 2.12. The van der Waals surface area contributed by atoms with Crippen molar-refractivity contribution in [1.29, 1.82) is 0 Å². The highest BCUT2D eigenvalue weighted by molar-refractivity contribution is 6.47. The summed E-state index contributed by atoms with van der Waals surface area (Å²) in [5.41, 5.74) is 0.651. The van der Waals surface area contributed by atoms with Gasteiger partial charge in [0.15, 0.2) is 0 Å². The van der Waals surface area contributed by atoms with Crippen molar-refractivity contribution in [2.75, 3.05) is 14.2 Å². The molecule has 2 aromatic carbocycles. The number of ketones is 2. The molecule has 0 aliphatic rings. The van der Waals surface area contributed by atoms with E-state index in [-0.39, 0.29) is 11.5 Å². The van der Waals surface area contributed by atoms with Gasteiger partial charge in [0.2, 0.25) is 11.6 Å². The van der Waals surface area contributed by atoms with Crippen molar-refractivity contribution in [3.05, 3.63) is 71.8 Å². The largest absolute Gasteiger partial charge is 0.507 e. The molecule has 0 heterocycles. The lowest BCUT2D eigenvalue weighted by Gasteiger charge is -2.04. The quantitative estimate of drug-likeness (QED) is 0.450. The molecule has 134 valence electrons. The number of allylic oxidation sites excluding steroid dienone is 2. The van der Waals surface area contributed by atoms with Gasteiger partial charge in [-0.15, -0.1) is 0 Å². The van der Waals surface area contributed by atoms with Crippen molar-refractivity contribution in [3.8, 4) is 11.5 Å². The second kappa shape index (κ2) is 8.53. The summed E-state index contributed by atoms with van der Waals surface area (Å²) in [4.78, 5) is 23.9. The number of rotatable bonds is 7. The number of methoxy groups -OCH3 is 2. The van der Waals surface area contributed by atoms with Gasteiger partial charge in [-0.1, -0.05) is 24.3 Å². The molecule has 0 fully saturated rings. The van der Waals surface area contributed by atoms with Crippen LogP contribution in [0.25, 0.3) is 11.5 Å². The first-order chi connectivity index (χ1) is 12.4. The van der Waals surface area contributed by atoms with Crippen molar-refractivity contribution in [3.63, 3.8) is 0 Å². The number of benzene rings is 2. The fraction of sp³-hybridized carbons (Fsp3) is 0.100. The van der Waals surface area contributed by atoms with Crippen LogP contribution < -0.4 is 9.47 Å². The third-order valence-electron chi connectivity index (χ3n) is 3.51. The van der Waals surface area contributed by atoms with Crippen LogP contribution >= 0.6 is 0 Å². The molecule has 0 aliphatic carbocycles. The predicted molar refractivity (Wildman–Crippen MR) is 97.2 cm³/mol. The Morgan fingerprint density at radius 1 is 0.769 bits per heavy atom. The first kappa shape index (κ1) is 18.8. The van der Waals surface area contributed by atoms with Crippen molar-refractivity contribution in [2.24, 2.45) is 0 Å². The van der Waals surface area contributed by atoms with Crippen LogP contribution in [0.5, 0.6) is 11.5 Å². The van der Waals surface area contributed by atoms with Gasteiger partial charge >= 0.3 is 0 Å². The molecule has 0 saturated heterocycles. The summed E-state index contributed by atoms with van der Waals surface area (Å²) in [5, 5.41) is 20.0. The van der Waals surface area contributed by atoms with Gasteiger partial charge in [-0.05, 0) is 24.3 Å². The van der Waals surface area contributed by atoms with Gasteiger partial charge < -0.3 is 19.7 Å². The summed E-state index contributed by atoms with van der Waals surface area (Å²) < 4.78 is 10.1. The summed E-state index contributed by atoms with van der Waals surface area (Å²) in [5.74, 6) is -1.71. The molecule has 2 N–H and O–H groups in total. The minimum absolute atomic E-state index is 0.325. The molecule has 0 unspecified atom stereocenters. The predicted octanol–water partition coefficient (Wildman–Crippen LogP) is 3.34. The SMILES string of the molecule is COc1cccc(/C(O)=C/C(=O)C(=O)/C=C(\O)c2cccc(OC)c2)c1. The topological polar surface area (TPSA) is 93.1 Å². The minimum Gasteiger partial charge on any atom is -0.507 e. The van der Waals surface area contributed by atoms with Crippen LogP contribution in [0.3, 0.4) is 0 Å². The first-order valence-corrected chi connectivity index (χ1v) is 7.63. The fourth-order valence-corrected chi connectivity index (χ4v) is 2.12. The maximum atomic E-state index is 12.0. The number of hydrogen-bond acceptors (Lipinski definition) is 6. The highest BCUT2D eigenvalue weighted by Gasteiger charge is 2.13. The Morgan fingerprint density at radius 2 is 1.15 bits per heavy atom. The zero-order valence-electron chi connectivity index (χ0n) is 14.3. The molecule has 2 aromatic rings. The molecule has 26 heavy (non-hydrogen) atoms. The third-order valence-corrected chi connectivity index (χ3v) is 3.51. The van der Waals surface area contributed by atoms with Gasteiger partial charge in [-0.3, -0.25) is 9.59 Å². The van der Waals surface area contributed by atoms with E-state index in [9.17, 15) is 19.8 Å². The van der Waals surface area contributed by atoms with Crippen molar-refractivity contribution < 1.29 is 29.3 Å². The van der Waals surface area contributed by atoms with Gasteiger partial charge in [0.05, 0.1) is 14.2 Å². The molecular weight excluding hydrogens is 336 g/mol. The van der Waals surface area contributed by atoms with E-state index < -0.39 is 11.6 Å². The lowest BCUT2D eigenvalue weighted by molar-refractivity contribution is -0.130. The third kappa shape index (κ3) is 4.73. The van der Waals surface area contributed by atoms with E-state index >= 15 is 0 Å². The summed E-state index contributed by atoms with van der Waals surface area (Å²) in [7, 11) is 2.95. The lowest BCUT2D eigenvalue weighted by atomic mass is 10.1. The molecule has 6 nitrogen and oxygen atoms in total. The Labute approximate surface area is 150 Å². The average molecular weight is 354 g/mol. The summed E-state index contributed by atoms with van der Waals surface area (Å²) in [6.07, 6.45) is 1.60. The number of aliphatic hydroxyl groups is 2. The number of ether oxygens (including phenoxy) is 2. The van der Waals surface area contributed by atoms with Crippen molar-refractivity contribution in [1.82, 2.24) is 0 Å². The molecule has 0 bridgehead atoms. The number of carbonyl (C=O) groups excluding carboxylic acids is 2. The molecule has 0 atom stereocenters. The second-order valence-corrected chi connectivity index (χ2v) is 5.25. The van der Waals surface area contributed by atoms with E-state index in [0.717, 1.165) is 12.2 Å². The van der Waals surface area contributed by atoms with E-state index in [2.05, 4.69) is 0 Å². The highest BCUT2D eigenvalue weighted by atomic mass is 16.5. The zero-order valence-corrected chi connectivity index (χ0v) is 14.3. The van der Waals surface area contributed by atoms with Gasteiger partial charge in [0.1, 0.15) is 23.0 Å².